The Balaban J connectivity index is 2.14. The molecule has 1 aliphatic rings. The van der Waals surface area contributed by atoms with Gasteiger partial charge in [-0.05, 0) is 49.9 Å². The maximum Gasteiger partial charge on any atom is 0.230 e. The summed E-state index contributed by atoms with van der Waals surface area (Å²) < 4.78 is 0. The number of rotatable bonds is 3. The molecule has 0 unspecified atom stereocenters. The molecule has 0 aliphatic heterocycles. The highest BCUT2D eigenvalue weighted by Crippen LogP contribution is 2.42. The van der Waals surface area contributed by atoms with Gasteiger partial charge in [-0.25, -0.2) is 0 Å². The van der Waals surface area contributed by atoms with Crippen molar-refractivity contribution in [2.75, 3.05) is 11.9 Å². The van der Waals surface area contributed by atoms with E-state index >= 15 is 0 Å². The number of aliphatic hydroxyl groups excluding tert-OH is 1. The van der Waals surface area contributed by atoms with Crippen LogP contribution in [0.3, 0.4) is 0 Å². The highest BCUT2D eigenvalue weighted by atomic mass is 16.2. The molecule has 0 aromatic heterocycles. The minimum Gasteiger partial charge on any atom is -0.384 e. The molecule has 21 heavy (non-hydrogen) atoms. The van der Waals surface area contributed by atoms with Crippen molar-refractivity contribution >= 4 is 11.6 Å². The van der Waals surface area contributed by atoms with E-state index in [9.17, 15) is 4.79 Å². The lowest BCUT2D eigenvalue weighted by atomic mass is 9.82. The molecule has 112 valence electrons. The van der Waals surface area contributed by atoms with Crippen LogP contribution >= 0.6 is 0 Å². The van der Waals surface area contributed by atoms with Gasteiger partial charge in [0, 0.05) is 16.7 Å². The van der Waals surface area contributed by atoms with Crippen LogP contribution in [0.15, 0.2) is 18.2 Å². The highest BCUT2D eigenvalue weighted by Gasteiger charge is 2.39. The number of carbonyl (C=O) groups excluding carboxylic acids is 1. The highest BCUT2D eigenvalue weighted by molar-refractivity contribution is 5.96. The molecule has 1 aromatic rings. The fourth-order valence-corrected chi connectivity index (χ4v) is 3.07. The number of amides is 1. The summed E-state index contributed by atoms with van der Waals surface area (Å²) in [6.45, 7) is 3.93. The normalized spacial score (nSPS) is 16.1. The maximum atomic E-state index is 12.6. The van der Waals surface area contributed by atoms with Gasteiger partial charge in [-0.1, -0.05) is 31.6 Å². The number of aliphatic hydroxyl groups is 1. The predicted molar refractivity (Wildman–Crippen MR) is 85.0 cm³/mol. The van der Waals surface area contributed by atoms with Crippen molar-refractivity contribution in [2.45, 2.75) is 46.0 Å². The second-order valence-electron chi connectivity index (χ2n) is 5.78. The summed E-state index contributed by atoms with van der Waals surface area (Å²) in [5, 5.41) is 11.8. The lowest BCUT2D eigenvalue weighted by Gasteiger charge is -2.26. The van der Waals surface area contributed by atoms with Crippen LogP contribution in [-0.4, -0.2) is 17.6 Å². The lowest BCUT2D eigenvalue weighted by molar-refractivity contribution is -0.125. The van der Waals surface area contributed by atoms with Crippen molar-refractivity contribution in [1.82, 2.24) is 0 Å². The van der Waals surface area contributed by atoms with Crippen molar-refractivity contribution in [3.63, 3.8) is 0 Å². The van der Waals surface area contributed by atoms with Crippen molar-refractivity contribution in [3.8, 4) is 11.8 Å². The van der Waals surface area contributed by atoms with Gasteiger partial charge in [0.15, 0.2) is 0 Å². The third-order valence-corrected chi connectivity index (χ3v) is 4.51. The van der Waals surface area contributed by atoms with Gasteiger partial charge >= 0.3 is 0 Å². The zero-order chi connectivity index (χ0) is 15.3. The van der Waals surface area contributed by atoms with E-state index in [1.54, 1.807) is 0 Å². The topological polar surface area (TPSA) is 49.3 Å². The van der Waals surface area contributed by atoms with Gasteiger partial charge in [0.05, 0.1) is 0 Å². The van der Waals surface area contributed by atoms with E-state index in [2.05, 4.69) is 24.1 Å². The van der Waals surface area contributed by atoms with Crippen LogP contribution in [0.2, 0.25) is 0 Å². The SMILES string of the molecule is CCC1(C(=O)Nc2ccc(C#CCO)cc2C)CCCC1. The number of hydrogen-bond acceptors (Lipinski definition) is 2. The Hall–Kier alpha value is -1.79. The molecule has 0 spiro atoms. The van der Waals surface area contributed by atoms with Crippen molar-refractivity contribution in [2.24, 2.45) is 5.41 Å². The van der Waals surface area contributed by atoms with Gasteiger partial charge in [0.2, 0.25) is 5.91 Å². The van der Waals surface area contributed by atoms with Gasteiger partial charge in [-0.2, -0.15) is 0 Å². The summed E-state index contributed by atoms with van der Waals surface area (Å²) >= 11 is 0. The molecule has 1 fully saturated rings. The fraction of sp³-hybridized carbons (Fsp3) is 0.500. The third kappa shape index (κ3) is 3.46. The predicted octanol–water partition coefficient (Wildman–Crippen LogP) is 3.25. The van der Waals surface area contributed by atoms with Crippen LogP contribution in [0, 0.1) is 24.2 Å². The molecule has 1 saturated carbocycles. The zero-order valence-corrected chi connectivity index (χ0v) is 12.8. The second-order valence-corrected chi connectivity index (χ2v) is 5.78. The molecule has 0 saturated heterocycles. The molecule has 0 heterocycles. The molecule has 2 rings (SSSR count). The van der Waals surface area contributed by atoms with E-state index in [1.807, 2.05) is 25.1 Å². The Morgan fingerprint density at radius 3 is 2.67 bits per heavy atom. The lowest BCUT2D eigenvalue weighted by Crippen LogP contribution is -2.33. The third-order valence-electron chi connectivity index (χ3n) is 4.51. The molecule has 0 atom stereocenters. The number of hydrogen-bond donors (Lipinski definition) is 2. The Kier molecular flexibility index (Phi) is 5.03. The van der Waals surface area contributed by atoms with Gasteiger partial charge in [0.1, 0.15) is 6.61 Å². The van der Waals surface area contributed by atoms with E-state index in [1.165, 1.54) is 0 Å². The monoisotopic (exact) mass is 285 g/mol. The van der Waals surface area contributed by atoms with Crippen LogP contribution in [-0.2, 0) is 4.79 Å². The maximum absolute atomic E-state index is 12.6. The molecule has 0 radical (unpaired) electrons. The molecule has 1 aliphatic carbocycles. The Labute approximate surface area is 126 Å². The summed E-state index contributed by atoms with van der Waals surface area (Å²) in [5.41, 5.74) is 2.53. The standard InChI is InChI=1S/C18H23NO2/c1-3-18(10-4-5-11-18)17(21)19-16-9-8-15(7-6-12-20)13-14(16)2/h8-9,13,20H,3-5,10-12H2,1-2H3,(H,19,21). The first-order valence-electron chi connectivity index (χ1n) is 7.63. The molecular weight excluding hydrogens is 262 g/mol. The van der Waals surface area contributed by atoms with Gasteiger partial charge in [0.25, 0.3) is 0 Å². The molecule has 1 amide bonds. The second kappa shape index (κ2) is 6.78. The van der Waals surface area contributed by atoms with Crippen LogP contribution in [0.4, 0.5) is 5.69 Å². The quantitative estimate of drug-likeness (QED) is 0.838. The number of aryl methyl sites for hydroxylation is 1. The first-order valence-corrected chi connectivity index (χ1v) is 7.63. The van der Waals surface area contributed by atoms with Gasteiger partial charge in [-0.15, -0.1) is 0 Å². The number of nitrogens with one attached hydrogen (secondary N) is 1. The first-order chi connectivity index (χ1) is 10.1. The number of anilines is 1. The van der Waals surface area contributed by atoms with Gasteiger partial charge in [-0.3, -0.25) is 4.79 Å². The van der Waals surface area contributed by atoms with Crippen LogP contribution in [0.1, 0.15) is 50.2 Å². The summed E-state index contributed by atoms with van der Waals surface area (Å²) in [5.74, 6) is 5.66. The summed E-state index contributed by atoms with van der Waals surface area (Å²) in [6.07, 6.45) is 5.19. The molecule has 2 N–H and O–H groups in total. The van der Waals surface area contributed by atoms with Crippen molar-refractivity contribution < 1.29 is 9.90 Å². The van der Waals surface area contributed by atoms with E-state index in [4.69, 9.17) is 5.11 Å². The minimum absolute atomic E-state index is 0.142. The Morgan fingerprint density at radius 1 is 1.38 bits per heavy atom. The van der Waals surface area contributed by atoms with Crippen LogP contribution in [0.5, 0.6) is 0 Å². The van der Waals surface area contributed by atoms with E-state index in [0.717, 1.165) is 48.9 Å². The summed E-state index contributed by atoms with van der Waals surface area (Å²) in [4.78, 5) is 12.6. The zero-order valence-electron chi connectivity index (χ0n) is 12.8. The smallest absolute Gasteiger partial charge is 0.230 e. The first kappa shape index (κ1) is 15.6. The van der Waals surface area contributed by atoms with Crippen molar-refractivity contribution in [3.05, 3.63) is 29.3 Å². The van der Waals surface area contributed by atoms with E-state index in [0.29, 0.717) is 0 Å². The van der Waals surface area contributed by atoms with Crippen LogP contribution < -0.4 is 5.32 Å². The van der Waals surface area contributed by atoms with Crippen molar-refractivity contribution in [1.29, 1.82) is 0 Å². The number of carbonyl (C=O) groups is 1. The van der Waals surface area contributed by atoms with Crippen LogP contribution in [0.25, 0.3) is 0 Å². The molecular formula is C18H23NO2. The van der Waals surface area contributed by atoms with E-state index in [-0.39, 0.29) is 17.9 Å². The Morgan fingerprint density at radius 2 is 2.10 bits per heavy atom. The minimum atomic E-state index is -0.179. The molecule has 3 heteroatoms. The fourth-order valence-electron chi connectivity index (χ4n) is 3.07. The largest absolute Gasteiger partial charge is 0.384 e. The summed E-state index contributed by atoms with van der Waals surface area (Å²) in [6, 6.07) is 5.71. The molecule has 3 nitrogen and oxygen atoms in total. The molecule has 1 aromatic carbocycles. The average molecular weight is 285 g/mol. The average Bonchev–Trinajstić information content (AvgIpc) is 2.97. The Bertz CT molecular complexity index is 575. The number of benzene rings is 1. The van der Waals surface area contributed by atoms with Gasteiger partial charge < -0.3 is 10.4 Å². The molecule has 0 bridgehead atoms. The summed E-state index contributed by atoms with van der Waals surface area (Å²) in [7, 11) is 0. The van der Waals surface area contributed by atoms with E-state index < -0.39 is 0 Å².